The number of hydrogen-bond acceptors (Lipinski definition) is 5. The van der Waals surface area contributed by atoms with Gasteiger partial charge in [-0.1, -0.05) is 29.8 Å². The minimum Gasteiger partial charge on any atom is -0.391 e. The summed E-state index contributed by atoms with van der Waals surface area (Å²) in [6.45, 7) is 4.03. The second-order valence-electron chi connectivity index (χ2n) is 8.12. The SMILES string of the molecule is CC1(C)C2CCC1(CS(=O)(=O)OS(C)(C)Oc1ccc(Br)cc1)C(=O)C2. The molecule has 0 radical (unpaired) electrons. The lowest BCUT2D eigenvalue weighted by atomic mass is 9.70. The van der Waals surface area contributed by atoms with Crippen LogP contribution >= 0.6 is 26.5 Å². The van der Waals surface area contributed by atoms with Gasteiger partial charge in [-0.25, -0.2) is 0 Å². The molecule has 2 fully saturated rings. The molecule has 146 valence electrons. The first-order chi connectivity index (χ1) is 11.9. The lowest BCUT2D eigenvalue weighted by Crippen LogP contribution is -2.42. The fraction of sp³-hybridized carbons (Fsp3) is 0.611. The fourth-order valence-electron chi connectivity index (χ4n) is 4.42. The summed E-state index contributed by atoms with van der Waals surface area (Å²) in [4.78, 5) is 12.6. The molecule has 8 heteroatoms. The number of fused-ring (bicyclic) bond motifs is 2. The number of rotatable bonds is 6. The molecule has 1 aromatic carbocycles. The third-order valence-corrected chi connectivity index (χ3v) is 10.0. The Balaban J connectivity index is 1.76. The van der Waals surface area contributed by atoms with E-state index in [2.05, 4.69) is 15.9 Å². The standard InChI is InChI=1S/C18H25BrO5S2/c1-17(2)13-9-10-18(17,16(20)11-13)12-26(21,22)24-25(3,4)23-15-7-5-14(19)6-8-15/h5-8,13H,9-12H2,1-4H3. The topological polar surface area (TPSA) is 69.7 Å². The van der Waals surface area contributed by atoms with Gasteiger partial charge < -0.3 is 4.18 Å². The van der Waals surface area contributed by atoms with Gasteiger partial charge in [-0.15, -0.1) is 10.6 Å². The van der Waals surface area contributed by atoms with Gasteiger partial charge in [0.25, 0.3) is 10.1 Å². The molecule has 0 heterocycles. The summed E-state index contributed by atoms with van der Waals surface area (Å²) in [6.07, 6.45) is 5.29. The van der Waals surface area contributed by atoms with Crippen molar-refractivity contribution in [2.75, 3.05) is 18.3 Å². The van der Waals surface area contributed by atoms with Crippen LogP contribution in [0.3, 0.4) is 0 Å². The van der Waals surface area contributed by atoms with Crippen molar-refractivity contribution in [1.82, 2.24) is 0 Å². The Bertz CT molecular complexity index is 816. The van der Waals surface area contributed by atoms with Gasteiger partial charge in [0.15, 0.2) is 5.75 Å². The minimum atomic E-state index is -3.92. The van der Waals surface area contributed by atoms with Crippen molar-refractivity contribution < 1.29 is 21.0 Å². The molecule has 2 aliphatic rings. The normalized spacial score (nSPS) is 28.3. The van der Waals surface area contributed by atoms with E-state index < -0.39 is 26.1 Å². The number of carbonyl (C=O) groups excluding carboxylic acids is 1. The summed E-state index contributed by atoms with van der Waals surface area (Å²) in [7, 11) is -6.25. The summed E-state index contributed by atoms with van der Waals surface area (Å²) >= 11 is 3.35. The highest BCUT2D eigenvalue weighted by molar-refractivity contribution is 9.10. The molecule has 0 N–H and O–H groups in total. The monoisotopic (exact) mass is 464 g/mol. The zero-order valence-corrected chi connectivity index (χ0v) is 18.7. The Morgan fingerprint density at radius 2 is 1.81 bits per heavy atom. The number of halogens is 1. The van der Waals surface area contributed by atoms with Gasteiger partial charge in [-0.05, 0) is 48.4 Å². The maximum Gasteiger partial charge on any atom is 0.287 e. The largest absolute Gasteiger partial charge is 0.391 e. The van der Waals surface area contributed by atoms with E-state index in [4.69, 9.17) is 7.81 Å². The molecule has 2 bridgehead atoms. The number of benzene rings is 1. The maximum atomic E-state index is 12.8. The van der Waals surface area contributed by atoms with Gasteiger partial charge in [0.2, 0.25) is 0 Å². The molecule has 2 atom stereocenters. The second kappa shape index (κ2) is 6.50. The lowest BCUT2D eigenvalue weighted by molar-refractivity contribution is -0.128. The molecular formula is C18H25BrO5S2. The summed E-state index contributed by atoms with van der Waals surface area (Å²) < 4.78 is 37.8. The number of carbonyl (C=O) groups is 1. The smallest absolute Gasteiger partial charge is 0.287 e. The zero-order valence-electron chi connectivity index (χ0n) is 15.5. The molecule has 2 saturated carbocycles. The van der Waals surface area contributed by atoms with Crippen molar-refractivity contribution in [1.29, 1.82) is 0 Å². The molecular weight excluding hydrogens is 440 g/mol. The molecule has 0 aromatic heterocycles. The molecule has 5 nitrogen and oxygen atoms in total. The predicted molar refractivity (Wildman–Crippen MR) is 108 cm³/mol. The molecule has 2 unspecified atom stereocenters. The Labute approximate surface area is 165 Å². The Morgan fingerprint density at radius 1 is 1.19 bits per heavy atom. The third kappa shape index (κ3) is 3.57. The third-order valence-electron chi connectivity index (χ3n) is 5.94. The Hall–Kier alpha value is -0.570. The highest BCUT2D eigenvalue weighted by Gasteiger charge is 2.65. The summed E-state index contributed by atoms with van der Waals surface area (Å²) in [5, 5.41) is 0. The van der Waals surface area contributed by atoms with Gasteiger partial charge in [0.1, 0.15) is 5.78 Å². The van der Waals surface area contributed by atoms with Gasteiger partial charge in [-0.3, -0.25) is 4.79 Å². The number of Topliss-reactive ketones (excluding diaryl/α,β-unsaturated/α-hetero) is 1. The van der Waals surface area contributed by atoms with Crippen LogP contribution in [0.25, 0.3) is 0 Å². The minimum absolute atomic E-state index is 0.0626. The second-order valence-corrected chi connectivity index (χ2v) is 13.4. The van der Waals surface area contributed by atoms with Crippen molar-refractivity contribution in [3.8, 4) is 5.75 Å². The quantitative estimate of drug-likeness (QED) is 0.621. The predicted octanol–water partition coefficient (Wildman–Crippen LogP) is 4.46. The Kier molecular flexibility index (Phi) is 5.04. The van der Waals surface area contributed by atoms with E-state index in [1.54, 1.807) is 24.6 Å². The lowest BCUT2D eigenvalue weighted by Gasteiger charge is -2.39. The average molecular weight is 465 g/mol. The molecule has 0 amide bonds. The van der Waals surface area contributed by atoms with Gasteiger partial charge in [0.05, 0.1) is 11.2 Å². The molecule has 26 heavy (non-hydrogen) atoms. The number of ketones is 1. The van der Waals surface area contributed by atoms with E-state index in [0.717, 1.165) is 10.9 Å². The Morgan fingerprint density at radius 3 is 2.31 bits per heavy atom. The van der Waals surface area contributed by atoms with Crippen LogP contribution in [0.1, 0.15) is 33.1 Å². The van der Waals surface area contributed by atoms with Crippen LogP contribution in [0.4, 0.5) is 0 Å². The van der Waals surface area contributed by atoms with Crippen molar-refractivity contribution >= 4 is 42.4 Å². The van der Waals surface area contributed by atoms with Crippen LogP contribution < -0.4 is 4.18 Å². The maximum absolute atomic E-state index is 12.8. The van der Waals surface area contributed by atoms with Crippen LogP contribution in [-0.4, -0.2) is 32.5 Å². The highest BCUT2D eigenvalue weighted by atomic mass is 79.9. The van der Waals surface area contributed by atoms with Crippen molar-refractivity contribution in [3.63, 3.8) is 0 Å². The van der Waals surface area contributed by atoms with Crippen molar-refractivity contribution in [3.05, 3.63) is 28.7 Å². The van der Waals surface area contributed by atoms with E-state index in [1.807, 2.05) is 26.0 Å². The van der Waals surface area contributed by atoms with Gasteiger partial charge in [0, 0.05) is 23.4 Å². The molecule has 3 rings (SSSR count). The average Bonchev–Trinajstić information content (AvgIpc) is 2.81. The first-order valence-electron chi connectivity index (χ1n) is 8.52. The summed E-state index contributed by atoms with van der Waals surface area (Å²) in [6, 6.07) is 7.13. The van der Waals surface area contributed by atoms with E-state index >= 15 is 0 Å². The highest BCUT2D eigenvalue weighted by Crippen LogP contribution is 2.64. The van der Waals surface area contributed by atoms with Crippen LogP contribution in [0.15, 0.2) is 28.7 Å². The van der Waals surface area contributed by atoms with Crippen LogP contribution in [0, 0.1) is 16.7 Å². The molecule has 0 aliphatic heterocycles. The van der Waals surface area contributed by atoms with Crippen LogP contribution in [0.2, 0.25) is 0 Å². The first-order valence-corrected chi connectivity index (χ1v) is 13.2. The first kappa shape index (κ1) is 20.2. The zero-order chi connectivity index (χ0) is 19.4. The number of hydrogen-bond donors (Lipinski definition) is 0. The van der Waals surface area contributed by atoms with Crippen molar-refractivity contribution in [2.24, 2.45) is 16.7 Å². The fourth-order valence-corrected chi connectivity index (χ4v) is 8.84. The molecule has 1 aromatic rings. The molecule has 0 spiro atoms. The summed E-state index contributed by atoms with van der Waals surface area (Å²) in [5.74, 6) is 0.611. The van der Waals surface area contributed by atoms with E-state index in [1.165, 1.54) is 0 Å². The summed E-state index contributed by atoms with van der Waals surface area (Å²) in [5.41, 5.74) is -1.14. The van der Waals surface area contributed by atoms with Crippen LogP contribution in [0.5, 0.6) is 5.75 Å². The van der Waals surface area contributed by atoms with Gasteiger partial charge >= 0.3 is 0 Å². The van der Waals surface area contributed by atoms with E-state index in [0.29, 0.717) is 18.6 Å². The molecule has 2 aliphatic carbocycles. The van der Waals surface area contributed by atoms with E-state index in [-0.39, 0.29) is 22.9 Å². The van der Waals surface area contributed by atoms with Crippen LogP contribution in [-0.2, 0) is 18.5 Å². The molecule has 0 saturated heterocycles. The van der Waals surface area contributed by atoms with Crippen molar-refractivity contribution in [2.45, 2.75) is 33.1 Å². The van der Waals surface area contributed by atoms with Gasteiger partial charge in [-0.2, -0.15) is 12.0 Å². The van der Waals surface area contributed by atoms with E-state index in [9.17, 15) is 13.2 Å².